The highest BCUT2D eigenvalue weighted by molar-refractivity contribution is 5.76. The number of hydrogen-bond donors (Lipinski definition) is 3. The zero-order valence-electron chi connectivity index (χ0n) is 13.0. The number of nitrogens with zero attached hydrogens (tertiary/aromatic N) is 2. The van der Waals surface area contributed by atoms with E-state index in [4.69, 9.17) is 0 Å². The van der Waals surface area contributed by atoms with Gasteiger partial charge in [0.2, 0.25) is 5.91 Å². The second kappa shape index (κ2) is 6.38. The van der Waals surface area contributed by atoms with Crippen LogP contribution in [0.1, 0.15) is 49.1 Å². The molecule has 1 aliphatic heterocycles. The Morgan fingerprint density at radius 3 is 2.95 bits per heavy atom. The number of likely N-dealkylation sites (tertiary alicyclic amines) is 1. The third-order valence-corrected chi connectivity index (χ3v) is 4.92. The highest BCUT2D eigenvalue weighted by Gasteiger charge is 2.34. The Morgan fingerprint density at radius 1 is 1.32 bits per heavy atom. The van der Waals surface area contributed by atoms with E-state index in [1.54, 1.807) is 4.90 Å². The molecule has 22 heavy (non-hydrogen) atoms. The lowest BCUT2D eigenvalue weighted by molar-refractivity contribution is -0.140. The van der Waals surface area contributed by atoms with Crippen molar-refractivity contribution in [1.82, 2.24) is 15.1 Å². The fourth-order valence-electron chi connectivity index (χ4n) is 3.59. The summed E-state index contributed by atoms with van der Waals surface area (Å²) in [6.07, 6.45) is 6.89. The first kappa shape index (κ1) is 15.5. The molecular formula is C16H25N3O3. The normalized spacial score (nSPS) is 25.1. The van der Waals surface area contributed by atoms with Crippen LogP contribution in [0, 0.1) is 0 Å². The maximum atomic E-state index is 12.4. The SMILES string of the molecule is O=C(CCc1n[nH]c2c1CCCC2)N1CCC[C@](O)(CO)C1. The molecule has 2 aliphatic rings. The van der Waals surface area contributed by atoms with Crippen LogP contribution in [0.15, 0.2) is 0 Å². The third-order valence-electron chi connectivity index (χ3n) is 4.92. The van der Waals surface area contributed by atoms with Gasteiger partial charge in [-0.2, -0.15) is 5.10 Å². The van der Waals surface area contributed by atoms with E-state index in [0.29, 0.717) is 25.8 Å². The van der Waals surface area contributed by atoms with E-state index in [0.717, 1.165) is 25.0 Å². The van der Waals surface area contributed by atoms with Crippen LogP contribution in [0.5, 0.6) is 0 Å². The summed E-state index contributed by atoms with van der Waals surface area (Å²) in [5.74, 6) is 0.0409. The van der Waals surface area contributed by atoms with Crippen molar-refractivity contribution in [2.24, 2.45) is 0 Å². The quantitative estimate of drug-likeness (QED) is 0.758. The van der Waals surface area contributed by atoms with E-state index in [9.17, 15) is 15.0 Å². The molecule has 3 rings (SSSR count). The van der Waals surface area contributed by atoms with Crippen LogP contribution in [0.4, 0.5) is 0 Å². The molecule has 0 saturated carbocycles. The van der Waals surface area contributed by atoms with Gasteiger partial charge in [0.15, 0.2) is 0 Å². The van der Waals surface area contributed by atoms with Crippen molar-refractivity contribution < 1.29 is 15.0 Å². The van der Waals surface area contributed by atoms with Gasteiger partial charge in [0.1, 0.15) is 5.60 Å². The summed E-state index contributed by atoms with van der Waals surface area (Å²) in [5.41, 5.74) is 2.45. The maximum Gasteiger partial charge on any atom is 0.223 e. The topological polar surface area (TPSA) is 89.5 Å². The monoisotopic (exact) mass is 307 g/mol. The Balaban J connectivity index is 1.57. The van der Waals surface area contributed by atoms with Gasteiger partial charge in [-0.05, 0) is 44.1 Å². The molecule has 0 radical (unpaired) electrons. The van der Waals surface area contributed by atoms with Gasteiger partial charge in [-0.15, -0.1) is 0 Å². The minimum atomic E-state index is -1.13. The number of aromatic amines is 1. The van der Waals surface area contributed by atoms with Gasteiger partial charge in [-0.1, -0.05) is 0 Å². The van der Waals surface area contributed by atoms with E-state index in [1.165, 1.54) is 24.1 Å². The number of aromatic nitrogens is 2. The van der Waals surface area contributed by atoms with Gasteiger partial charge < -0.3 is 15.1 Å². The molecule has 1 amide bonds. The fourth-order valence-corrected chi connectivity index (χ4v) is 3.59. The van der Waals surface area contributed by atoms with Crippen molar-refractivity contribution >= 4 is 5.91 Å². The van der Waals surface area contributed by atoms with Crippen LogP contribution in [-0.2, 0) is 24.1 Å². The lowest BCUT2D eigenvalue weighted by atomic mass is 9.93. The lowest BCUT2D eigenvalue weighted by Crippen LogP contribution is -2.52. The number of H-pyrrole nitrogens is 1. The number of β-amino-alcohol motifs (C(OH)–C–C–N with tert-alkyl or cyclic N) is 1. The van der Waals surface area contributed by atoms with Crippen LogP contribution in [0.2, 0.25) is 0 Å². The van der Waals surface area contributed by atoms with Crippen LogP contribution >= 0.6 is 0 Å². The second-order valence-corrected chi connectivity index (χ2v) is 6.64. The zero-order chi connectivity index (χ0) is 15.6. The predicted molar refractivity (Wildman–Crippen MR) is 81.4 cm³/mol. The molecule has 0 spiro atoms. The highest BCUT2D eigenvalue weighted by Crippen LogP contribution is 2.24. The third kappa shape index (κ3) is 3.17. The number of rotatable bonds is 4. The number of nitrogens with one attached hydrogen (secondary N) is 1. The Labute approximate surface area is 130 Å². The molecule has 6 heteroatoms. The van der Waals surface area contributed by atoms with E-state index in [1.807, 2.05) is 0 Å². The molecule has 0 unspecified atom stereocenters. The minimum absolute atomic E-state index is 0.0409. The molecule has 6 nitrogen and oxygen atoms in total. The van der Waals surface area contributed by atoms with Crippen LogP contribution in [-0.4, -0.2) is 56.5 Å². The molecule has 1 aromatic heterocycles. The molecule has 0 aromatic carbocycles. The predicted octanol–water partition coefficient (Wildman–Crippen LogP) is 0.567. The van der Waals surface area contributed by atoms with E-state index < -0.39 is 5.60 Å². The number of aliphatic hydroxyl groups is 2. The summed E-state index contributed by atoms with van der Waals surface area (Å²) in [4.78, 5) is 14.0. The summed E-state index contributed by atoms with van der Waals surface area (Å²) in [6.45, 7) is 0.616. The highest BCUT2D eigenvalue weighted by atomic mass is 16.3. The van der Waals surface area contributed by atoms with Gasteiger partial charge in [-0.3, -0.25) is 9.89 Å². The summed E-state index contributed by atoms with van der Waals surface area (Å²) in [6, 6.07) is 0. The average Bonchev–Trinajstić information content (AvgIpc) is 2.96. The van der Waals surface area contributed by atoms with Gasteiger partial charge in [0.05, 0.1) is 18.8 Å². The maximum absolute atomic E-state index is 12.4. The largest absolute Gasteiger partial charge is 0.393 e. The Bertz CT molecular complexity index is 543. The van der Waals surface area contributed by atoms with Crippen LogP contribution in [0.25, 0.3) is 0 Å². The van der Waals surface area contributed by atoms with E-state index in [2.05, 4.69) is 10.2 Å². The Kier molecular flexibility index (Phi) is 4.49. The summed E-state index contributed by atoms with van der Waals surface area (Å²) in [7, 11) is 0. The van der Waals surface area contributed by atoms with Gasteiger partial charge in [0, 0.05) is 25.1 Å². The first-order chi connectivity index (χ1) is 10.6. The molecule has 1 aliphatic carbocycles. The number of carbonyl (C=O) groups excluding carboxylic acids is 1. The van der Waals surface area contributed by atoms with E-state index in [-0.39, 0.29) is 19.1 Å². The number of piperidine rings is 1. The standard InChI is InChI=1S/C16H25N3O3/c20-11-16(22)8-3-9-19(10-16)15(21)7-6-14-12-4-1-2-5-13(12)17-18-14/h20,22H,1-11H2,(H,17,18)/t16-/m1/s1. The first-order valence-electron chi connectivity index (χ1n) is 8.27. The summed E-state index contributed by atoms with van der Waals surface area (Å²) in [5, 5.41) is 26.9. The molecule has 1 saturated heterocycles. The van der Waals surface area contributed by atoms with Gasteiger partial charge in [-0.25, -0.2) is 0 Å². The Morgan fingerprint density at radius 2 is 2.14 bits per heavy atom. The van der Waals surface area contributed by atoms with Gasteiger partial charge in [0.25, 0.3) is 0 Å². The zero-order valence-corrected chi connectivity index (χ0v) is 13.0. The molecule has 3 N–H and O–H groups in total. The molecule has 0 bridgehead atoms. The summed E-state index contributed by atoms with van der Waals surface area (Å²) < 4.78 is 0. The number of aryl methyl sites for hydroxylation is 2. The number of hydrogen-bond acceptors (Lipinski definition) is 4. The molecule has 2 heterocycles. The van der Waals surface area contributed by atoms with Crippen molar-refractivity contribution in [2.75, 3.05) is 19.7 Å². The van der Waals surface area contributed by atoms with Crippen molar-refractivity contribution in [2.45, 2.75) is 57.0 Å². The smallest absolute Gasteiger partial charge is 0.223 e. The lowest BCUT2D eigenvalue weighted by Gasteiger charge is -2.38. The molecule has 1 aromatic rings. The fraction of sp³-hybridized carbons (Fsp3) is 0.750. The molecule has 1 atom stereocenters. The molecule has 122 valence electrons. The molecular weight excluding hydrogens is 282 g/mol. The van der Waals surface area contributed by atoms with Crippen LogP contribution in [0.3, 0.4) is 0 Å². The van der Waals surface area contributed by atoms with Crippen molar-refractivity contribution in [1.29, 1.82) is 0 Å². The number of aliphatic hydroxyl groups excluding tert-OH is 1. The first-order valence-corrected chi connectivity index (χ1v) is 8.27. The van der Waals surface area contributed by atoms with Gasteiger partial charge >= 0.3 is 0 Å². The summed E-state index contributed by atoms with van der Waals surface area (Å²) >= 11 is 0. The number of amides is 1. The number of carbonyl (C=O) groups is 1. The van der Waals surface area contributed by atoms with Crippen LogP contribution < -0.4 is 0 Å². The van der Waals surface area contributed by atoms with E-state index >= 15 is 0 Å². The molecule has 1 fully saturated rings. The Hall–Kier alpha value is -1.40. The van der Waals surface area contributed by atoms with Crippen molar-refractivity contribution in [3.8, 4) is 0 Å². The second-order valence-electron chi connectivity index (χ2n) is 6.64. The average molecular weight is 307 g/mol. The van der Waals surface area contributed by atoms with Crippen molar-refractivity contribution in [3.05, 3.63) is 17.0 Å². The van der Waals surface area contributed by atoms with Crippen molar-refractivity contribution in [3.63, 3.8) is 0 Å². The number of fused-ring (bicyclic) bond motifs is 1. The minimum Gasteiger partial charge on any atom is -0.393 e.